The Morgan fingerprint density at radius 3 is 2.67 bits per heavy atom. The number of carbonyl (C=O) groups is 1. The molecule has 0 aliphatic carbocycles. The third-order valence-corrected chi connectivity index (χ3v) is 4.03. The summed E-state index contributed by atoms with van der Waals surface area (Å²) in [5.74, 6) is -1.20. The van der Waals surface area contributed by atoms with Crippen molar-refractivity contribution in [2.24, 2.45) is 0 Å². The van der Waals surface area contributed by atoms with E-state index in [9.17, 15) is 27.6 Å². The maximum Gasteiger partial charge on any atom is 0.401 e. The van der Waals surface area contributed by atoms with Gasteiger partial charge < -0.3 is 10.1 Å². The van der Waals surface area contributed by atoms with E-state index >= 15 is 0 Å². The van der Waals surface area contributed by atoms with Crippen LogP contribution in [0.15, 0.2) is 27.8 Å². The van der Waals surface area contributed by atoms with E-state index < -0.39 is 29.9 Å². The molecule has 0 saturated carbocycles. The smallest absolute Gasteiger partial charge is 0.401 e. The van der Waals surface area contributed by atoms with E-state index in [1.807, 2.05) is 4.98 Å². The molecule has 2 aromatic rings. The van der Waals surface area contributed by atoms with Crippen LogP contribution in [0, 0.1) is 0 Å². The summed E-state index contributed by atoms with van der Waals surface area (Å²) >= 11 is 0. The Morgan fingerprint density at radius 2 is 2.00 bits per heavy atom. The lowest BCUT2D eigenvalue weighted by molar-refractivity contribution is -0.146. The van der Waals surface area contributed by atoms with Gasteiger partial charge in [-0.2, -0.15) is 13.2 Å². The average molecular weight is 384 g/mol. The Labute approximate surface area is 150 Å². The van der Waals surface area contributed by atoms with E-state index in [2.05, 4.69) is 10.3 Å². The first kappa shape index (κ1) is 18.7. The molecule has 1 amide bonds. The van der Waals surface area contributed by atoms with Gasteiger partial charge in [0.15, 0.2) is 5.69 Å². The molecule has 0 fully saturated rings. The van der Waals surface area contributed by atoms with Crippen molar-refractivity contribution in [1.29, 1.82) is 0 Å². The highest BCUT2D eigenvalue weighted by Gasteiger charge is 2.34. The zero-order chi connectivity index (χ0) is 19.8. The number of alkyl halides is 3. The molecule has 2 heterocycles. The first-order valence-electron chi connectivity index (χ1n) is 7.80. The van der Waals surface area contributed by atoms with Crippen molar-refractivity contribution in [3.05, 3.63) is 55.9 Å². The number of anilines is 1. The number of hydrogen-bond donors (Lipinski definition) is 3. The second-order valence-electron chi connectivity index (χ2n) is 5.97. The summed E-state index contributed by atoms with van der Waals surface area (Å²) in [5, 5.41) is 2.52. The number of benzene rings is 1. The maximum atomic E-state index is 12.6. The molecular weight excluding hydrogens is 369 g/mol. The van der Waals surface area contributed by atoms with Crippen LogP contribution in [0.5, 0.6) is 5.75 Å². The van der Waals surface area contributed by atoms with Crippen LogP contribution in [0.2, 0.25) is 0 Å². The van der Waals surface area contributed by atoms with Crippen LogP contribution in [0.3, 0.4) is 0 Å². The van der Waals surface area contributed by atoms with Crippen molar-refractivity contribution in [3.8, 4) is 5.75 Å². The molecular formula is C16H15F3N4O4. The number of nitrogens with one attached hydrogen (secondary N) is 3. The van der Waals surface area contributed by atoms with Gasteiger partial charge in [0, 0.05) is 18.8 Å². The normalized spacial score (nSPS) is 14.1. The fraction of sp³-hybridized carbons (Fsp3) is 0.312. The molecule has 8 nitrogen and oxygen atoms in total. The van der Waals surface area contributed by atoms with Gasteiger partial charge in [0.2, 0.25) is 5.75 Å². The largest absolute Gasteiger partial charge is 0.489 e. The molecule has 27 heavy (non-hydrogen) atoms. The molecule has 0 saturated heterocycles. The Morgan fingerprint density at radius 1 is 1.26 bits per heavy atom. The SMILES string of the molecule is COc1c(C(=O)Nc2cccc3c2CN(CC(F)(F)F)C3)[nH]c(=O)[nH]c1=O. The van der Waals surface area contributed by atoms with Gasteiger partial charge >= 0.3 is 11.9 Å². The lowest BCUT2D eigenvalue weighted by Crippen LogP contribution is -2.30. The highest BCUT2D eigenvalue weighted by molar-refractivity contribution is 6.05. The summed E-state index contributed by atoms with van der Waals surface area (Å²) in [6.45, 7) is -0.956. The molecule has 0 spiro atoms. The summed E-state index contributed by atoms with van der Waals surface area (Å²) in [6, 6.07) is 4.81. The van der Waals surface area contributed by atoms with Crippen LogP contribution in [0.4, 0.5) is 18.9 Å². The molecule has 3 rings (SSSR count). The van der Waals surface area contributed by atoms with Gasteiger partial charge in [-0.3, -0.25) is 24.5 Å². The number of halogens is 3. The summed E-state index contributed by atoms with van der Waals surface area (Å²) in [5.41, 5.74) is -0.648. The average Bonchev–Trinajstić information content (AvgIpc) is 2.95. The van der Waals surface area contributed by atoms with Crippen LogP contribution in [-0.4, -0.2) is 40.6 Å². The molecule has 0 atom stereocenters. The van der Waals surface area contributed by atoms with Crippen LogP contribution >= 0.6 is 0 Å². The Balaban J connectivity index is 1.87. The number of hydrogen-bond acceptors (Lipinski definition) is 5. The van der Waals surface area contributed by atoms with Gasteiger partial charge in [-0.1, -0.05) is 12.1 Å². The van der Waals surface area contributed by atoms with Crippen LogP contribution in [-0.2, 0) is 13.1 Å². The lowest BCUT2D eigenvalue weighted by Gasteiger charge is -2.17. The lowest BCUT2D eigenvalue weighted by atomic mass is 10.1. The number of H-pyrrole nitrogens is 2. The second kappa shape index (κ2) is 6.91. The molecule has 1 aliphatic heterocycles. The minimum atomic E-state index is -4.33. The predicted octanol–water partition coefficient (Wildman–Crippen LogP) is 1.20. The van der Waals surface area contributed by atoms with Crippen molar-refractivity contribution in [1.82, 2.24) is 14.9 Å². The minimum Gasteiger partial charge on any atom is -0.489 e. The molecule has 0 radical (unpaired) electrons. The number of fused-ring (bicyclic) bond motifs is 1. The van der Waals surface area contributed by atoms with E-state index in [0.717, 1.165) is 7.11 Å². The number of nitrogens with zero attached hydrogens (tertiary/aromatic N) is 1. The van der Waals surface area contributed by atoms with Crippen molar-refractivity contribution in [2.45, 2.75) is 19.3 Å². The Kier molecular flexibility index (Phi) is 4.79. The van der Waals surface area contributed by atoms with E-state index in [-0.39, 0.29) is 24.5 Å². The number of carbonyl (C=O) groups excluding carboxylic acids is 1. The fourth-order valence-electron chi connectivity index (χ4n) is 2.99. The standard InChI is InChI=1S/C16H15F3N4O4/c1-27-12-11(21-15(26)22-14(12)25)13(24)20-10-4-2-3-8-5-23(6-9(8)10)7-16(17,18)19/h2-4H,5-7H2,1H3,(H,20,24)(H2,21,22,25,26). The third kappa shape index (κ3) is 4.03. The maximum absolute atomic E-state index is 12.6. The van der Waals surface area contributed by atoms with E-state index in [1.165, 1.54) is 11.0 Å². The number of rotatable bonds is 4. The van der Waals surface area contributed by atoms with Crippen LogP contribution in [0.25, 0.3) is 0 Å². The van der Waals surface area contributed by atoms with E-state index in [4.69, 9.17) is 4.74 Å². The van der Waals surface area contributed by atoms with Crippen molar-refractivity contribution in [3.63, 3.8) is 0 Å². The van der Waals surface area contributed by atoms with Gasteiger partial charge in [0.1, 0.15) is 0 Å². The van der Waals surface area contributed by atoms with E-state index in [1.54, 1.807) is 12.1 Å². The first-order chi connectivity index (χ1) is 12.7. The zero-order valence-electron chi connectivity index (χ0n) is 14.1. The van der Waals surface area contributed by atoms with Crippen LogP contribution in [0.1, 0.15) is 21.6 Å². The quantitative estimate of drug-likeness (QED) is 0.734. The Bertz CT molecular complexity index is 996. The molecule has 3 N–H and O–H groups in total. The number of methoxy groups -OCH3 is 1. The van der Waals surface area contributed by atoms with Gasteiger partial charge in [-0.05, 0) is 17.2 Å². The molecule has 1 aromatic carbocycles. The van der Waals surface area contributed by atoms with E-state index in [0.29, 0.717) is 16.8 Å². The summed E-state index contributed by atoms with van der Waals surface area (Å²) in [6.07, 6.45) is -4.33. The minimum absolute atomic E-state index is 0.00826. The molecule has 0 unspecified atom stereocenters. The molecule has 1 aromatic heterocycles. The van der Waals surface area contributed by atoms with Crippen molar-refractivity contribution >= 4 is 11.6 Å². The summed E-state index contributed by atoms with van der Waals surface area (Å²) in [7, 11) is 1.16. The van der Waals surface area contributed by atoms with Crippen LogP contribution < -0.4 is 21.3 Å². The summed E-state index contributed by atoms with van der Waals surface area (Å²) < 4.78 is 42.7. The van der Waals surface area contributed by atoms with Crippen molar-refractivity contribution in [2.75, 3.05) is 19.0 Å². The number of aromatic nitrogens is 2. The molecule has 0 bridgehead atoms. The first-order valence-corrected chi connectivity index (χ1v) is 7.80. The zero-order valence-corrected chi connectivity index (χ0v) is 14.1. The number of amides is 1. The highest BCUT2D eigenvalue weighted by atomic mass is 19.4. The molecule has 144 valence electrons. The topological polar surface area (TPSA) is 107 Å². The number of aromatic amines is 2. The second-order valence-corrected chi connectivity index (χ2v) is 5.97. The predicted molar refractivity (Wildman–Crippen MR) is 88.8 cm³/mol. The van der Waals surface area contributed by atoms with Gasteiger partial charge in [0.25, 0.3) is 11.5 Å². The van der Waals surface area contributed by atoms with Crippen molar-refractivity contribution < 1.29 is 22.7 Å². The fourth-order valence-corrected chi connectivity index (χ4v) is 2.99. The van der Waals surface area contributed by atoms with Gasteiger partial charge in [-0.25, -0.2) is 4.79 Å². The highest BCUT2D eigenvalue weighted by Crippen LogP contribution is 2.31. The monoisotopic (exact) mass is 384 g/mol. The Hall–Kier alpha value is -3.08. The van der Waals surface area contributed by atoms with Gasteiger partial charge in [-0.15, -0.1) is 0 Å². The third-order valence-electron chi connectivity index (χ3n) is 4.03. The molecule has 1 aliphatic rings. The summed E-state index contributed by atoms with van der Waals surface area (Å²) in [4.78, 5) is 41.0. The number of ether oxygens (including phenoxy) is 1. The molecule has 11 heteroatoms. The van der Waals surface area contributed by atoms with Gasteiger partial charge in [0.05, 0.1) is 13.7 Å².